The zero-order chi connectivity index (χ0) is 14.0. The summed E-state index contributed by atoms with van der Waals surface area (Å²) in [6.07, 6.45) is 6.78. The zero-order valence-electron chi connectivity index (χ0n) is 11.4. The van der Waals surface area contributed by atoms with Crippen molar-refractivity contribution >= 4 is 16.0 Å². The van der Waals surface area contributed by atoms with E-state index in [0.717, 1.165) is 38.5 Å². The summed E-state index contributed by atoms with van der Waals surface area (Å²) in [6, 6.07) is 0. The van der Waals surface area contributed by atoms with E-state index in [1.807, 2.05) is 0 Å². The van der Waals surface area contributed by atoms with Crippen molar-refractivity contribution in [3.63, 3.8) is 0 Å². The Hall–Kier alpha value is -0.620. The zero-order valence-corrected chi connectivity index (χ0v) is 12.2. The maximum atomic E-state index is 11.6. The maximum Gasteiger partial charge on any atom is 0.306 e. The highest BCUT2D eigenvalue weighted by atomic mass is 32.2. The number of aliphatic carboxylic acids is 1. The van der Waals surface area contributed by atoms with E-state index < -0.39 is 16.0 Å². The van der Waals surface area contributed by atoms with Crippen LogP contribution < -0.4 is 0 Å². The Morgan fingerprint density at radius 2 is 2.00 bits per heavy atom. The smallest absolute Gasteiger partial charge is 0.306 e. The summed E-state index contributed by atoms with van der Waals surface area (Å²) in [5.41, 5.74) is 0. The van der Waals surface area contributed by atoms with Crippen LogP contribution in [0.1, 0.15) is 38.5 Å². The topological polar surface area (TPSA) is 74.7 Å². The van der Waals surface area contributed by atoms with Gasteiger partial charge in [0.05, 0.1) is 12.2 Å². The van der Waals surface area contributed by atoms with Gasteiger partial charge in [-0.05, 0) is 43.9 Å². The van der Waals surface area contributed by atoms with Crippen molar-refractivity contribution < 1.29 is 18.3 Å². The van der Waals surface area contributed by atoms with E-state index in [9.17, 15) is 18.3 Å². The van der Waals surface area contributed by atoms with Crippen molar-refractivity contribution in [2.75, 3.05) is 19.3 Å². The summed E-state index contributed by atoms with van der Waals surface area (Å²) in [6.45, 7) is 1.18. The highest BCUT2D eigenvalue weighted by molar-refractivity contribution is 7.88. The van der Waals surface area contributed by atoms with Crippen LogP contribution in [0.2, 0.25) is 0 Å². The van der Waals surface area contributed by atoms with Crippen LogP contribution in [0, 0.1) is 17.8 Å². The van der Waals surface area contributed by atoms with E-state index in [-0.39, 0.29) is 11.8 Å². The number of sulfonamides is 1. The molecule has 3 unspecified atom stereocenters. The van der Waals surface area contributed by atoms with E-state index in [1.54, 1.807) is 4.31 Å². The third-order valence-corrected chi connectivity index (χ3v) is 5.83. The first-order valence-corrected chi connectivity index (χ1v) is 8.90. The Morgan fingerprint density at radius 1 is 1.26 bits per heavy atom. The monoisotopic (exact) mass is 289 g/mol. The molecule has 110 valence electrons. The fourth-order valence-corrected chi connectivity index (χ4v) is 4.54. The van der Waals surface area contributed by atoms with Gasteiger partial charge in [-0.3, -0.25) is 4.79 Å². The molecule has 3 atom stereocenters. The molecular weight excluding hydrogens is 266 g/mol. The van der Waals surface area contributed by atoms with Gasteiger partial charge >= 0.3 is 5.97 Å². The average molecular weight is 289 g/mol. The molecule has 0 aromatic rings. The first-order chi connectivity index (χ1) is 8.88. The van der Waals surface area contributed by atoms with Crippen molar-refractivity contribution in [2.45, 2.75) is 38.5 Å². The lowest BCUT2D eigenvalue weighted by Gasteiger charge is -2.33. The molecule has 0 bridgehead atoms. The summed E-state index contributed by atoms with van der Waals surface area (Å²) >= 11 is 0. The molecule has 1 saturated heterocycles. The number of rotatable bonds is 4. The van der Waals surface area contributed by atoms with Crippen molar-refractivity contribution in [2.24, 2.45) is 17.8 Å². The van der Waals surface area contributed by atoms with Crippen LogP contribution in [-0.4, -0.2) is 43.1 Å². The molecule has 0 radical (unpaired) electrons. The van der Waals surface area contributed by atoms with Crippen molar-refractivity contribution in [3.8, 4) is 0 Å². The minimum Gasteiger partial charge on any atom is -0.481 e. The molecule has 19 heavy (non-hydrogen) atoms. The Balaban J connectivity index is 1.94. The number of carboxylic acids is 1. The van der Waals surface area contributed by atoms with E-state index in [0.29, 0.717) is 19.0 Å². The van der Waals surface area contributed by atoms with Crippen LogP contribution in [0.4, 0.5) is 0 Å². The van der Waals surface area contributed by atoms with Gasteiger partial charge in [0.25, 0.3) is 0 Å². The largest absolute Gasteiger partial charge is 0.481 e. The Morgan fingerprint density at radius 3 is 2.63 bits per heavy atom. The lowest BCUT2D eigenvalue weighted by Crippen LogP contribution is -2.40. The van der Waals surface area contributed by atoms with Crippen molar-refractivity contribution in [1.29, 1.82) is 0 Å². The molecule has 0 aromatic heterocycles. The molecule has 0 spiro atoms. The maximum absolute atomic E-state index is 11.6. The number of hydrogen-bond donors (Lipinski definition) is 1. The van der Waals surface area contributed by atoms with Gasteiger partial charge in [0.2, 0.25) is 10.0 Å². The molecule has 1 aliphatic heterocycles. The number of nitrogens with zero attached hydrogens (tertiary/aromatic N) is 1. The van der Waals surface area contributed by atoms with Gasteiger partial charge in [0.1, 0.15) is 0 Å². The van der Waals surface area contributed by atoms with Crippen LogP contribution >= 0.6 is 0 Å². The van der Waals surface area contributed by atoms with E-state index in [1.165, 1.54) is 6.26 Å². The number of carbonyl (C=O) groups is 1. The highest BCUT2D eigenvalue weighted by Gasteiger charge is 2.36. The Bertz CT molecular complexity index is 434. The lowest BCUT2D eigenvalue weighted by atomic mass is 9.84. The summed E-state index contributed by atoms with van der Waals surface area (Å²) in [5.74, 6) is -0.331. The number of carboxylic acid groups (broad SMARTS) is 1. The summed E-state index contributed by atoms with van der Waals surface area (Å²) in [5, 5.41) is 9.19. The Labute approximate surface area is 115 Å². The normalized spacial score (nSPS) is 33.4. The second-order valence-electron chi connectivity index (χ2n) is 6.00. The minimum atomic E-state index is -3.11. The summed E-state index contributed by atoms with van der Waals surface area (Å²) in [7, 11) is -3.11. The second kappa shape index (κ2) is 5.79. The fraction of sp³-hybridized carbons (Fsp3) is 0.923. The molecule has 2 fully saturated rings. The van der Waals surface area contributed by atoms with Crippen LogP contribution in [-0.2, 0) is 14.8 Å². The van der Waals surface area contributed by atoms with Gasteiger partial charge in [-0.1, -0.05) is 6.42 Å². The molecule has 0 amide bonds. The van der Waals surface area contributed by atoms with Gasteiger partial charge < -0.3 is 5.11 Å². The van der Waals surface area contributed by atoms with Crippen LogP contribution in [0.25, 0.3) is 0 Å². The van der Waals surface area contributed by atoms with E-state index in [2.05, 4.69) is 0 Å². The number of hydrogen-bond acceptors (Lipinski definition) is 3. The van der Waals surface area contributed by atoms with E-state index >= 15 is 0 Å². The molecule has 0 aromatic carbocycles. The van der Waals surface area contributed by atoms with Gasteiger partial charge in [-0.15, -0.1) is 0 Å². The van der Waals surface area contributed by atoms with E-state index in [4.69, 9.17) is 0 Å². The van der Waals surface area contributed by atoms with Gasteiger partial charge in [-0.25, -0.2) is 12.7 Å². The standard InChI is InChI=1S/C13H23NO4S/c1-19(17,18)14-7-3-4-10(9-14)8-11-5-2-6-12(11)13(15)16/h10-12H,2-9H2,1H3,(H,15,16). The van der Waals surface area contributed by atoms with Crippen LogP contribution in [0.3, 0.4) is 0 Å². The molecule has 2 aliphatic rings. The summed E-state index contributed by atoms with van der Waals surface area (Å²) in [4.78, 5) is 11.2. The third-order valence-electron chi connectivity index (χ3n) is 4.56. The van der Waals surface area contributed by atoms with Crippen LogP contribution in [0.15, 0.2) is 0 Å². The number of piperidine rings is 1. The predicted octanol–water partition coefficient (Wildman–Crippen LogP) is 1.55. The molecule has 6 heteroatoms. The molecule has 1 heterocycles. The van der Waals surface area contributed by atoms with Crippen molar-refractivity contribution in [3.05, 3.63) is 0 Å². The molecular formula is C13H23NO4S. The first kappa shape index (κ1) is 14.8. The predicted molar refractivity (Wildman–Crippen MR) is 72.2 cm³/mol. The summed E-state index contributed by atoms with van der Waals surface area (Å²) < 4.78 is 24.7. The second-order valence-corrected chi connectivity index (χ2v) is 7.98. The van der Waals surface area contributed by atoms with Gasteiger partial charge in [-0.2, -0.15) is 0 Å². The van der Waals surface area contributed by atoms with Crippen LogP contribution in [0.5, 0.6) is 0 Å². The fourth-order valence-electron chi connectivity index (χ4n) is 3.59. The molecule has 1 saturated carbocycles. The Kier molecular flexibility index (Phi) is 4.50. The molecule has 5 nitrogen and oxygen atoms in total. The first-order valence-electron chi connectivity index (χ1n) is 7.06. The average Bonchev–Trinajstić information content (AvgIpc) is 2.76. The van der Waals surface area contributed by atoms with Gasteiger partial charge in [0.15, 0.2) is 0 Å². The third kappa shape index (κ3) is 3.69. The molecule has 1 N–H and O–H groups in total. The molecule has 1 aliphatic carbocycles. The van der Waals surface area contributed by atoms with Crippen molar-refractivity contribution in [1.82, 2.24) is 4.31 Å². The SMILES string of the molecule is CS(=O)(=O)N1CCCC(CC2CCCC2C(=O)O)C1. The van der Waals surface area contributed by atoms with Gasteiger partial charge in [0, 0.05) is 13.1 Å². The lowest BCUT2D eigenvalue weighted by molar-refractivity contribution is -0.143. The minimum absolute atomic E-state index is 0.214. The molecule has 2 rings (SSSR count). The quantitative estimate of drug-likeness (QED) is 0.852. The highest BCUT2D eigenvalue weighted by Crippen LogP contribution is 2.38.